The van der Waals surface area contributed by atoms with Crippen molar-refractivity contribution in [3.63, 3.8) is 0 Å². The van der Waals surface area contributed by atoms with Crippen LogP contribution in [-0.2, 0) is 0 Å². The molecule has 0 aromatic heterocycles. The second kappa shape index (κ2) is 18.3. The van der Waals surface area contributed by atoms with Crippen LogP contribution in [0.1, 0.15) is 30.5 Å². The lowest BCUT2D eigenvalue weighted by Crippen LogP contribution is -3.00. The molecule has 8 nitrogen and oxygen atoms in total. The van der Waals surface area contributed by atoms with Crippen LogP contribution in [0, 0.1) is 6.92 Å². The van der Waals surface area contributed by atoms with Gasteiger partial charge in [0.25, 0.3) is 0 Å². The molecule has 0 unspecified atom stereocenters. The van der Waals surface area contributed by atoms with Gasteiger partial charge in [0.1, 0.15) is 19.0 Å². The van der Waals surface area contributed by atoms with E-state index in [1.165, 1.54) is 0 Å². The molecule has 0 fully saturated rings. The van der Waals surface area contributed by atoms with Gasteiger partial charge < -0.3 is 47.8 Å². The smallest absolute Gasteiger partial charge is 0.200 e. The highest BCUT2D eigenvalue weighted by Gasteiger charge is 2.20. The fourth-order valence-corrected chi connectivity index (χ4v) is 5.62. The SMILES string of the molecule is CCOc1ccc(Nc2ccc(C(=C3C=CC(=[N+](CCO)CCO)C=C3C)c3ccc(N(CCO)CCO)cc3C)cc2)cc1.[Cl-]. The third kappa shape index (κ3) is 9.31. The van der Waals surface area contributed by atoms with Crippen molar-refractivity contribution in [2.45, 2.75) is 20.8 Å². The van der Waals surface area contributed by atoms with E-state index < -0.39 is 0 Å². The quantitative estimate of drug-likeness (QED) is 0.160. The highest BCUT2D eigenvalue weighted by molar-refractivity contribution is 6.05. The number of rotatable bonds is 15. The molecule has 3 aromatic carbocycles. The molecule has 0 amide bonds. The second-order valence-corrected chi connectivity index (χ2v) is 10.9. The van der Waals surface area contributed by atoms with Gasteiger partial charge in [-0.25, -0.2) is 4.58 Å². The average molecular weight is 648 g/mol. The Hall–Kier alpha value is -3.92. The molecule has 9 heteroatoms. The maximum Gasteiger partial charge on any atom is 0.200 e. The summed E-state index contributed by atoms with van der Waals surface area (Å²) in [4.78, 5) is 1.98. The normalized spacial score (nSPS) is 13.5. The first kappa shape index (κ1) is 36.5. The Morgan fingerprint density at radius 3 is 1.91 bits per heavy atom. The molecule has 246 valence electrons. The minimum Gasteiger partial charge on any atom is -1.00 e. The lowest BCUT2D eigenvalue weighted by molar-refractivity contribution is -0.530. The first-order chi connectivity index (χ1) is 21.9. The number of benzene rings is 3. The van der Waals surface area contributed by atoms with Crippen LogP contribution in [0.2, 0.25) is 0 Å². The van der Waals surface area contributed by atoms with Gasteiger partial charge in [-0.15, -0.1) is 0 Å². The molecule has 0 radical (unpaired) electrons. The maximum atomic E-state index is 9.57. The number of hydrogen-bond acceptors (Lipinski definition) is 7. The molecule has 0 bridgehead atoms. The van der Waals surface area contributed by atoms with E-state index in [0.717, 1.165) is 61.9 Å². The van der Waals surface area contributed by atoms with Crippen LogP contribution in [0.5, 0.6) is 5.75 Å². The Labute approximate surface area is 278 Å². The van der Waals surface area contributed by atoms with E-state index in [1.807, 2.05) is 52.8 Å². The summed E-state index contributed by atoms with van der Waals surface area (Å²) >= 11 is 0. The predicted molar refractivity (Wildman–Crippen MR) is 183 cm³/mol. The summed E-state index contributed by atoms with van der Waals surface area (Å²) in [7, 11) is 0. The lowest BCUT2D eigenvalue weighted by Gasteiger charge is -2.25. The molecule has 1 aliphatic rings. The van der Waals surface area contributed by atoms with Crippen molar-refractivity contribution in [1.82, 2.24) is 0 Å². The van der Waals surface area contributed by atoms with Crippen LogP contribution < -0.4 is 27.4 Å². The van der Waals surface area contributed by atoms with Crippen molar-refractivity contribution in [2.75, 3.05) is 69.4 Å². The molecule has 3 aromatic rings. The molecule has 1 aliphatic carbocycles. The van der Waals surface area contributed by atoms with Gasteiger partial charge in [0.05, 0.1) is 19.8 Å². The van der Waals surface area contributed by atoms with Crippen LogP contribution in [0.4, 0.5) is 17.1 Å². The number of aliphatic hydroxyl groups is 4. The summed E-state index contributed by atoms with van der Waals surface area (Å²) in [6, 6.07) is 22.6. The van der Waals surface area contributed by atoms with Gasteiger partial charge in [0.2, 0.25) is 0 Å². The van der Waals surface area contributed by atoms with Crippen molar-refractivity contribution >= 4 is 28.3 Å². The largest absolute Gasteiger partial charge is 1.00 e. The zero-order chi connectivity index (χ0) is 32.2. The number of nitrogens with one attached hydrogen (secondary N) is 1. The van der Waals surface area contributed by atoms with Gasteiger partial charge >= 0.3 is 0 Å². The van der Waals surface area contributed by atoms with Crippen molar-refractivity contribution in [2.24, 2.45) is 0 Å². The Morgan fingerprint density at radius 2 is 1.39 bits per heavy atom. The van der Waals surface area contributed by atoms with Gasteiger partial charge in [-0.2, -0.15) is 0 Å². The van der Waals surface area contributed by atoms with Gasteiger partial charge in [-0.05, 0) is 109 Å². The van der Waals surface area contributed by atoms with E-state index in [1.54, 1.807) is 0 Å². The highest BCUT2D eigenvalue weighted by Crippen LogP contribution is 2.36. The lowest BCUT2D eigenvalue weighted by atomic mass is 9.85. The molecule has 0 spiro atoms. The summed E-state index contributed by atoms with van der Waals surface area (Å²) in [6.45, 7) is 8.56. The van der Waals surface area contributed by atoms with Crippen molar-refractivity contribution in [1.29, 1.82) is 0 Å². The van der Waals surface area contributed by atoms with Crippen LogP contribution in [-0.4, -0.2) is 89.9 Å². The Morgan fingerprint density at radius 1 is 0.783 bits per heavy atom. The molecule has 0 aliphatic heterocycles. The van der Waals surface area contributed by atoms with E-state index >= 15 is 0 Å². The van der Waals surface area contributed by atoms with Crippen LogP contribution >= 0.6 is 0 Å². The molecule has 0 atom stereocenters. The predicted octanol–water partition coefficient (Wildman–Crippen LogP) is 1.69. The van der Waals surface area contributed by atoms with Gasteiger partial charge in [-0.3, -0.25) is 0 Å². The minimum atomic E-state index is 0. The number of halogens is 1. The first-order valence-corrected chi connectivity index (χ1v) is 15.5. The molecule has 5 N–H and O–H groups in total. The number of ether oxygens (including phenoxy) is 1. The van der Waals surface area contributed by atoms with Crippen molar-refractivity contribution < 1.29 is 42.1 Å². The molecular formula is C37H46ClN3O5. The molecule has 4 rings (SSSR count). The van der Waals surface area contributed by atoms with Gasteiger partial charge in [0.15, 0.2) is 18.8 Å². The zero-order valence-electron chi connectivity index (χ0n) is 26.9. The highest BCUT2D eigenvalue weighted by atomic mass is 35.5. The zero-order valence-corrected chi connectivity index (χ0v) is 27.7. The molecule has 0 heterocycles. The van der Waals surface area contributed by atoms with Crippen molar-refractivity contribution in [3.8, 4) is 5.75 Å². The fraction of sp³-hybridized carbons (Fsp3) is 0.324. The van der Waals surface area contributed by atoms with E-state index in [4.69, 9.17) is 4.74 Å². The first-order valence-electron chi connectivity index (χ1n) is 15.5. The second-order valence-electron chi connectivity index (χ2n) is 10.9. The topological polar surface area (TPSA) is 108 Å². The Kier molecular flexibility index (Phi) is 14.5. The number of nitrogens with zero attached hydrogens (tertiary/aromatic N) is 2. The summed E-state index contributed by atoms with van der Waals surface area (Å²) in [5, 5.41) is 41.8. The number of hydrogen-bond donors (Lipinski definition) is 5. The van der Waals surface area contributed by atoms with E-state index in [9.17, 15) is 20.4 Å². The summed E-state index contributed by atoms with van der Waals surface area (Å²) < 4.78 is 7.55. The average Bonchev–Trinajstić information content (AvgIpc) is 3.04. The van der Waals surface area contributed by atoms with E-state index in [2.05, 4.69) is 67.7 Å². The third-order valence-corrected chi connectivity index (χ3v) is 7.80. The fourth-order valence-electron chi connectivity index (χ4n) is 5.62. The number of allylic oxidation sites excluding steroid dienone is 5. The summed E-state index contributed by atoms with van der Waals surface area (Å²) in [6.07, 6.45) is 6.27. The molecule has 0 saturated carbocycles. The van der Waals surface area contributed by atoms with Gasteiger partial charge in [-0.1, -0.05) is 18.2 Å². The van der Waals surface area contributed by atoms with Crippen LogP contribution in [0.3, 0.4) is 0 Å². The van der Waals surface area contributed by atoms with E-state index in [-0.39, 0.29) is 38.8 Å². The van der Waals surface area contributed by atoms with E-state index in [0.29, 0.717) is 32.8 Å². The molecule has 46 heavy (non-hydrogen) atoms. The van der Waals surface area contributed by atoms with Crippen LogP contribution in [0.25, 0.3) is 5.57 Å². The Bertz CT molecular complexity index is 1530. The number of aliphatic hydroxyl groups excluding tert-OH is 4. The van der Waals surface area contributed by atoms with Gasteiger partial charge in [0, 0.05) is 42.3 Å². The van der Waals surface area contributed by atoms with Crippen LogP contribution in [0.15, 0.2) is 96.1 Å². The number of aryl methyl sites for hydroxylation is 1. The minimum absolute atomic E-state index is 0. The molecule has 0 saturated heterocycles. The third-order valence-electron chi connectivity index (χ3n) is 7.80. The standard InChI is InChI=1S/C37H45N3O5.ClH/c1-4-45-34-13-9-31(10-14-34)38-30-7-5-29(6-8-30)37(35-15-11-32(25-27(35)2)39(17-21-41)18-22-42)36-16-12-33(26-28(36)3)40(19-23-43)20-24-44;/h5-16,25-26,41-44H,4,17-24H2,1-3H3;1H. The molecular weight excluding hydrogens is 602 g/mol. The summed E-state index contributed by atoms with van der Waals surface area (Å²) in [5.41, 5.74) is 10.3. The van der Waals surface area contributed by atoms with Crippen molar-refractivity contribution in [3.05, 3.63) is 113 Å². The Balaban J connectivity index is 0.00000576. The maximum absolute atomic E-state index is 9.57. The summed E-state index contributed by atoms with van der Waals surface area (Å²) in [5.74, 6) is 0.840. The number of anilines is 3. The monoisotopic (exact) mass is 647 g/mol.